The summed E-state index contributed by atoms with van der Waals surface area (Å²) in [5.74, 6) is -0.721. The van der Waals surface area contributed by atoms with E-state index in [9.17, 15) is 30.0 Å². The van der Waals surface area contributed by atoms with E-state index in [0.29, 0.717) is 0 Å². The van der Waals surface area contributed by atoms with Gasteiger partial charge in [-0.15, -0.1) is 0 Å². The van der Waals surface area contributed by atoms with Crippen LogP contribution in [0.4, 0.5) is 13.2 Å². The molecule has 0 spiro atoms. The average molecular weight is 305 g/mol. The van der Waals surface area contributed by atoms with Crippen molar-refractivity contribution in [1.29, 1.82) is 0 Å². The van der Waals surface area contributed by atoms with Gasteiger partial charge in [-0.1, -0.05) is 0 Å². The van der Waals surface area contributed by atoms with E-state index >= 15 is 0 Å². The van der Waals surface area contributed by atoms with Crippen molar-refractivity contribution in [2.45, 2.75) is 6.18 Å². The molecule has 0 aliphatic rings. The lowest BCUT2D eigenvalue weighted by Gasteiger charge is -2.09. The molecule has 0 aliphatic heterocycles. The zero-order valence-electron chi connectivity index (χ0n) is 7.58. The van der Waals surface area contributed by atoms with Crippen molar-refractivity contribution in [3.05, 3.63) is 0 Å². The first-order valence-corrected chi connectivity index (χ1v) is 7.61. The standard InChI is InChI=1S/C4H8ClF3N2O4S2/c5-15(11,12)2-1-9-16(13,14)10-3-4(6,7)8/h9-10H,1-3H2. The van der Waals surface area contributed by atoms with E-state index in [1.54, 1.807) is 4.72 Å². The fraction of sp³-hybridized carbons (Fsp3) is 1.00. The van der Waals surface area contributed by atoms with Crippen molar-refractivity contribution < 1.29 is 30.0 Å². The van der Waals surface area contributed by atoms with E-state index in [1.165, 1.54) is 4.72 Å². The van der Waals surface area contributed by atoms with E-state index in [4.69, 9.17) is 10.7 Å². The van der Waals surface area contributed by atoms with E-state index in [0.717, 1.165) is 0 Å². The summed E-state index contributed by atoms with van der Waals surface area (Å²) in [6, 6.07) is 0. The molecule has 0 radical (unpaired) electrons. The van der Waals surface area contributed by atoms with Gasteiger partial charge in [0.15, 0.2) is 0 Å². The fourth-order valence-corrected chi connectivity index (χ4v) is 2.06. The summed E-state index contributed by atoms with van der Waals surface area (Å²) in [6.07, 6.45) is -4.69. The predicted octanol–water partition coefficient (Wildman–Crippen LogP) is -0.459. The molecular formula is C4H8ClF3N2O4S2. The highest BCUT2D eigenvalue weighted by molar-refractivity contribution is 8.13. The third kappa shape index (κ3) is 10.4. The van der Waals surface area contributed by atoms with Crippen LogP contribution >= 0.6 is 10.7 Å². The van der Waals surface area contributed by atoms with Gasteiger partial charge in [0.1, 0.15) is 6.54 Å². The van der Waals surface area contributed by atoms with Gasteiger partial charge in [-0.3, -0.25) is 0 Å². The third-order valence-corrected chi connectivity index (χ3v) is 3.36. The molecule has 0 fully saturated rings. The minimum absolute atomic E-state index is 0.612. The van der Waals surface area contributed by atoms with Crippen LogP contribution in [-0.2, 0) is 19.3 Å². The molecule has 2 N–H and O–H groups in total. The van der Waals surface area contributed by atoms with Crippen LogP contribution < -0.4 is 9.44 Å². The Kier molecular flexibility index (Phi) is 5.46. The summed E-state index contributed by atoms with van der Waals surface area (Å²) in [7, 11) is -3.53. The molecule has 0 amide bonds. The molecule has 0 aromatic rings. The van der Waals surface area contributed by atoms with Crippen LogP contribution in [-0.4, -0.2) is 41.9 Å². The van der Waals surface area contributed by atoms with E-state index in [2.05, 4.69) is 0 Å². The van der Waals surface area contributed by atoms with Gasteiger partial charge in [0, 0.05) is 17.2 Å². The van der Waals surface area contributed by atoms with Gasteiger partial charge in [-0.05, 0) is 0 Å². The maximum atomic E-state index is 11.6. The van der Waals surface area contributed by atoms with Crippen molar-refractivity contribution >= 4 is 29.9 Å². The van der Waals surface area contributed by atoms with Crippen LogP contribution in [0.25, 0.3) is 0 Å². The highest BCUT2D eigenvalue weighted by Crippen LogP contribution is 2.12. The number of halogens is 4. The lowest BCUT2D eigenvalue weighted by atomic mass is 10.7. The predicted molar refractivity (Wildman–Crippen MR) is 50.6 cm³/mol. The van der Waals surface area contributed by atoms with Crippen molar-refractivity contribution in [2.24, 2.45) is 0 Å². The Balaban J connectivity index is 4.08. The summed E-state index contributed by atoms with van der Waals surface area (Å²) in [4.78, 5) is 0. The second kappa shape index (κ2) is 5.49. The Labute approximate surface area is 94.8 Å². The summed E-state index contributed by atoms with van der Waals surface area (Å²) < 4.78 is 80.0. The van der Waals surface area contributed by atoms with E-state index < -0.39 is 44.3 Å². The molecule has 0 aromatic heterocycles. The van der Waals surface area contributed by atoms with Crippen molar-refractivity contribution in [2.75, 3.05) is 18.8 Å². The third-order valence-electron chi connectivity index (χ3n) is 1.10. The molecule has 0 saturated carbocycles. The Morgan fingerprint density at radius 2 is 1.56 bits per heavy atom. The summed E-state index contributed by atoms with van der Waals surface area (Å²) in [5, 5.41) is 0. The van der Waals surface area contributed by atoms with Crippen molar-refractivity contribution in [3.8, 4) is 0 Å². The second-order valence-corrected chi connectivity index (χ2v) is 7.06. The molecule has 16 heavy (non-hydrogen) atoms. The number of nitrogens with one attached hydrogen (secondary N) is 2. The topological polar surface area (TPSA) is 92.3 Å². The molecule has 0 atom stereocenters. The van der Waals surface area contributed by atoms with Crippen LogP contribution in [0.5, 0.6) is 0 Å². The first kappa shape index (κ1) is 15.9. The van der Waals surface area contributed by atoms with Crippen molar-refractivity contribution in [3.63, 3.8) is 0 Å². The quantitative estimate of drug-likeness (QED) is 0.650. The number of hydrogen-bond acceptors (Lipinski definition) is 4. The average Bonchev–Trinajstić information content (AvgIpc) is 1.97. The van der Waals surface area contributed by atoms with Gasteiger partial charge in [-0.2, -0.15) is 26.3 Å². The van der Waals surface area contributed by atoms with Crippen molar-refractivity contribution in [1.82, 2.24) is 9.44 Å². The largest absolute Gasteiger partial charge is 0.402 e. The lowest BCUT2D eigenvalue weighted by molar-refractivity contribution is -0.121. The fourth-order valence-electron chi connectivity index (χ4n) is 0.526. The normalized spacial score (nSPS) is 14.0. The number of alkyl halides is 3. The Morgan fingerprint density at radius 1 is 1.06 bits per heavy atom. The summed E-state index contributed by atoms with van der Waals surface area (Å²) >= 11 is 0. The molecule has 0 heterocycles. The highest BCUT2D eigenvalue weighted by atomic mass is 35.7. The molecule has 0 unspecified atom stereocenters. The maximum absolute atomic E-state index is 11.6. The van der Waals surface area contributed by atoms with E-state index in [-0.39, 0.29) is 0 Å². The highest BCUT2D eigenvalue weighted by Gasteiger charge is 2.29. The molecule has 98 valence electrons. The molecule has 6 nitrogen and oxygen atoms in total. The Bertz CT molecular complexity index is 417. The van der Waals surface area contributed by atoms with Gasteiger partial charge in [0.2, 0.25) is 9.05 Å². The zero-order chi connectivity index (χ0) is 13.0. The zero-order valence-corrected chi connectivity index (χ0v) is 9.97. The van der Waals surface area contributed by atoms with Gasteiger partial charge in [-0.25, -0.2) is 13.1 Å². The first-order valence-electron chi connectivity index (χ1n) is 3.65. The summed E-state index contributed by atoms with van der Waals surface area (Å²) in [6.45, 7) is -2.35. The minimum atomic E-state index is -4.69. The SMILES string of the molecule is O=S(=O)(Cl)CCNS(=O)(=O)NCC(F)(F)F. The van der Waals surface area contributed by atoms with Gasteiger partial charge >= 0.3 is 6.18 Å². The minimum Gasteiger partial charge on any atom is -0.212 e. The van der Waals surface area contributed by atoms with Gasteiger partial charge in [0.05, 0.1) is 5.75 Å². The van der Waals surface area contributed by atoms with Gasteiger partial charge in [0.25, 0.3) is 10.2 Å². The summed E-state index contributed by atoms with van der Waals surface area (Å²) in [5.41, 5.74) is 0. The maximum Gasteiger partial charge on any atom is 0.402 e. The monoisotopic (exact) mass is 304 g/mol. The Hall–Kier alpha value is -0.100. The van der Waals surface area contributed by atoms with Gasteiger partial charge < -0.3 is 0 Å². The molecular weight excluding hydrogens is 297 g/mol. The Morgan fingerprint density at radius 3 is 1.94 bits per heavy atom. The van der Waals surface area contributed by atoms with Crippen LogP contribution in [0.3, 0.4) is 0 Å². The molecule has 12 heteroatoms. The molecule has 0 bridgehead atoms. The van der Waals surface area contributed by atoms with Crippen LogP contribution in [0.1, 0.15) is 0 Å². The van der Waals surface area contributed by atoms with Crippen LogP contribution in [0.2, 0.25) is 0 Å². The van der Waals surface area contributed by atoms with Crippen LogP contribution in [0, 0.1) is 0 Å². The van der Waals surface area contributed by atoms with Crippen LogP contribution in [0.15, 0.2) is 0 Å². The molecule has 0 aliphatic carbocycles. The lowest BCUT2D eigenvalue weighted by Crippen LogP contribution is -2.42. The number of hydrogen-bond donors (Lipinski definition) is 2. The van der Waals surface area contributed by atoms with E-state index in [1.807, 2.05) is 0 Å². The molecule has 0 saturated heterocycles. The number of rotatable bonds is 6. The molecule has 0 rings (SSSR count). The second-order valence-electron chi connectivity index (χ2n) is 2.58. The first-order chi connectivity index (χ1) is 6.91. The molecule has 0 aromatic carbocycles. The smallest absolute Gasteiger partial charge is 0.212 e.